The lowest BCUT2D eigenvalue weighted by Crippen LogP contribution is -2.50. The molecule has 1 unspecified atom stereocenters. The number of nitrogens with zero attached hydrogens (tertiary/aromatic N) is 1. The second kappa shape index (κ2) is 11.2. The molecule has 1 N–H and O–H groups in total. The number of rotatable bonds is 10. The molecule has 0 fully saturated rings. The fourth-order valence-corrected chi connectivity index (χ4v) is 2.88. The molecular formula is C23H29FN2O3. The number of hydrogen-bond donors (Lipinski definition) is 1. The fraction of sp³-hybridized carbons (Fsp3) is 0.391. The predicted molar refractivity (Wildman–Crippen MR) is 111 cm³/mol. The summed E-state index contributed by atoms with van der Waals surface area (Å²) in [6, 6.07) is 14.4. The minimum atomic E-state index is -0.599. The Morgan fingerprint density at radius 3 is 2.31 bits per heavy atom. The van der Waals surface area contributed by atoms with Crippen LogP contribution in [-0.4, -0.2) is 35.9 Å². The third-order valence-corrected chi connectivity index (χ3v) is 4.44. The summed E-state index contributed by atoms with van der Waals surface area (Å²) < 4.78 is 18.6. The first-order chi connectivity index (χ1) is 13.9. The van der Waals surface area contributed by atoms with Crippen molar-refractivity contribution in [2.24, 2.45) is 5.92 Å². The van der Waals surface area contributed by atoms with Crippen molar-refractivity contribution < 1.29 is 18.7 Å². The van der Waals surface area contributed by atoms with Gasteiger partial charge in [-0.3, -0.25) is 9.59 Å². The lowest BCUT2D eigenvalue weighted by molar-refractivity contribution is -0.143. The van der Waals surface area contributed by atoms with E-state index in [1.54, 1.807) is 4.90 Å². The number of hydrogen-bond acceptors (Lipinski definition) is 3. The van der Waals surface area contributed by atoms with E-state index in [2.05, 4.69) is 5.32 Å². The zero-order valence-corrected chi connectivity index (χ0v) is 17.2. The van der Waals surface area contributed by atoms with Crippen molar-refractivity contribution in [3.8, 4) is 5.75 Å². The summed E-state index contributed by atoms with van der Waals surface area (Å²) in [5.74, 6) is -0.132. The Hall–Kier alpha value is -2.89. The predicted octanol–water partition coefficient (Wildman–Crippen LogP) is 3.78. The molecule has 0 heterocycles. The molecule has 2 rings (SSSR count). The van der Waals surface area contributed by atoms with E-state index < -0.39 is 6.04 Å². The van der Waals surface area contributed by atoms with Crippen LogP contribution in [0.4, 0.5) is 4.39 Å². The summed E-state index contributed by atoms with van der Waals surface area (Å²) in [5, 5.41) is 2.92. The quantitative estimate of drug-likeness (QED) is 0.660. The molecule has 156 valence electrons. The van der Waals surface area contributed by atoms with E-state index in [0.717, 1.165) is 5.56 Å². The van der Waals surface area contributed by atoms with Crippen LogP contribution in [0.1, 0.15) is 32.8 Å². The SMILES string of the molecule is CCC(C(=O)NCC(C)C)N(Cc1ccccc1)C(=O)COc1ccc(F)cc1. The average Bonchev–Trinajstić information content (AvgIpc) is 2.72. The molecule has 6 heteroatoms. The number of nitrogens with one attached hydrogen (secondary N) is 1. The maximum Gasteiger partial charge on any atom is 0.261 e. The number of halogens is 1. The van der Waals surface area contributed by atoms with Gasteiger partial charge in [-0.2, -0.15) is 0 Å². The molecule has 0 aromatic heterocycles. The van der Waals surface area contributed by atoms with Crippen molar-refractivity contribution in [1.29, 1.82) is 0 Å². The Morgan fingerprint density at radius 1 is 1.07 bits per heavy atom. The van der Waals surface area contributed by atoms with Crippen molar-refractivity contribution in [3.05, 3.63) is 66.0 Å². The van der Waals surface area contributed by atoms with Gasteiger partial charge in [-0.1, -0.05) is 51.1 Å². The van der Waals surface area contributed by atoms with E-state index >= 15 is 0 Å². The lowest BCUT2D eigenvalue weighted by atomic mass is 10.1. The number of carbonyl (C=O) groups is 2. The zero-order chi connectivity index (χ0) is 21.2. The van der Waals surface area contributed by atoms with Crippen molar-refractivity contribution in [3.63, 3.8) is 0 Å². The smallest absolute Gasteiger partial charge is 0.261 e. The highest BCUT2D eigenvalue weighted by molar-refractivity contribution is 5.88. The van der Waals surface area contributed by atoms with Crippen molar-refractivity contribution >= 4 is 11.8 Å². The molecule has 29 heavy (non-hydrogen) atoms. The summed E-state index contributed by atoms with van der Waals surface area (Å²) in [6.45, 7) is 6.54. The molecule has 5 nitrogen and oxygen atoms in total. The highest BCUT2D eigenvalue weighted by atomic mass is 19.1. The molecule has 0 bridgehead atoms. The van der Waals surface area contributed by atoms with E-state index in [4.69, 9.17) is 4.74 Å². The molecule has 0 saturated carbocycles. The van der Waals surface area contributed by atoms with Gasteiger partial charge in [0.05, 0.1) is 0 Å². The molecular weight excluding hydrogens is 371 g/mol. The molecule has 0 radical (unpaired) electrons. The monoisotopic (exact) mass is 400 g/mol. The van der Waals surface area contributed by atoms with E-state index in [0.29, 0.717) is 31.2 Å². The van der Waals surface area contributed by atoms with Crippen LogP contribution in [0.3, 0.4) is 0 Å². The van der Waals surface area contributed by atoms with Gasteiger partial charge in [0.15, 0.2) is 6.61 Å². The van der Waals surface area contributed by atoms with Crippen LogP contribution in [-0.2, 0) is 16.1 Å². The molecule has 0 aliphatic heterocycles. The fourth-order valence-electron chi connectivity index (χ4n) is 2.88. The van der Waals surface area contributed by atoms with Gasteiger partial charge in [0.1, 0.15) is 17.6 Å². The third-order valence-electron chi connectivity index (χ3n) is 4.44. The Kier molecular flexibility index (Phi) is 8.65. The van der Waals surface area contributed by atoms with Crippen LogP contribution < -0.4 is 10.1 Å². The summed E-state index contributed by atoms with van der Waals surface area (Å²) in [7, 11) is 0. The Labute approximate surface area is 171 Å². The summed E-state index contributed by atoms with van der Waals surface area (Å²) in [5.41, 5.74) is 0.928. The van der Waals surface area contributed by atoms with Gasteiger partial charge in [0, 0.05) is 13.1 Å². The van der Waals surface area contributed by atoms with Crippen LogP contribution in [0.5, 0.6) is 5.75 Å². The first kappa shape index (κ1) is 22.4. The van der Waals surface area contributed by atoms with Crippen LogP contribution >= 0.6 is 0 Å². The standard InChI is InChI=1S/C23H29FN2O3/c1-4-21(23(28)25-14-17(2)3)26(15-18-8-6-5-7-9-18)22(27)16-29-20-12-10-19(24)11-13-20/h5-13,17,21H,4,14-16H2,1-3H3,(H,25,28). The number of amides is 2. The van der Waals surface area contributed by atoms with Gasteiger partial charge in [0.2, 0.25) is 5.91 Å². The van der Waals surface area contributed by atoms with Gasteiger partial charge in [-0.25, -0.2) is 4.39 Å². The van der Waals surface area contributed by atoms with Crippen LogP contribution in [0.15, 0.2) is 54.6 Å². The second-order valence-corrected chi connectivity index (χ2v) is 7.31. The topological polar surface area (TPSA) is 58.6 Å². The average molecular weight is 400 g/mol. The Balaban J connectivity index is 2.14. The van der Waals surface area contributed by atoms with Crippen LogP contribution in [0, 0.1) is 11.7 Å². The van der Waals surface area contributed by atoms with E-state index in [-0.39, 0.29) is 24.2 Å². The molecule has 0 saturated heterocycles. The molecule has 0 spiro atoms. The maximum absolute atomic E-state index is 13.1. The van der Waals surface area contributed by atoms with Gasteiger partial charge < -0.3 is 15.0 Å². The van der Waals surface area contributed by atoms with Crippen molar-refractivity contribution in [1.82, 2.24) is 10.2 Å². The molecule has 0 aliphatic carbocycles. The molecule has 0 aliphatic rings. The number of ether oxygens (including phenoxy) is 1. The zero-order valence-electron chi connectivity index (χ0n) is 17.2. The van der Waals surface area contributed by atoms with E-state index in [1.165, 1.54) is 24.3 Å². The van der Waals surface area contributed by atoms with E-state index in [9.17, 15) is 14.0 Å². The minimum Gasteiger partial charge on any atom is -0.484 e. The summed E-state index contributed by atoms with van der Waals surface area (Å²) in [6.07, 6.45) is 0.485. The maximum atomic E-state index is 13.1. The Morgan fingerprint density at radius 2 is 1.72 bits per heavy atom. The highest BCUT2D eigenvalue weighted by Crippen LogP contribution is 2.15. The van der Waals surface area contributed by atoms with Gasteiger partial charge >= 0.3 is 0 Å². The van der Waals surface area contributed by atoms with Gasteiger partial charge in [-0.05, 0) is 42.2 Å². The summed E-state index contributed by atoms with van der Waals surface area (Å²) >= 11 is 0. The number of carbonyl (C=O) groups excluding carboxylic acids is 2. The third kappa shape index (κ3) is 7.22. The normalized spacial score (nSPS) is 11.8. The molecule has 2 aromatic rings. The summed E-state index contributed by atoms with van der Waals surface area (Å²) in [4.78, 5) is 27.3. The lowest BCUT2D eigenvalue weighted by Gasteiger charge is -2.30. The highest BCUT2D eigenvalue weighted by Gasteiger charge is 2.28. The Bertz CT molecular complexity index is 778. The molecule has 1 atom stereocenters. The first-order valence-electron chi connectivity index (χ1n) is 9.90. The van der Waals surface area contributed by atoms with Crippen LogP contribution in [0.2, 0.25) is 0 Å². The van der Waals surface area contributed by atoms with Gasteiger partial charge in [0.25, 0.3) is 5.91 Å². The van der Waals surface area contributed by atoms with Crippen molar-refractivity contribution in [2.75, 3.05) is 13.2 Å². The van der Waals surface area contributed by atoms with Gasteiger partial charge in [-0.15, -0.1) is 0 Å². The largest absolute Gasteiger partial charge is 0.484 e. The van der Waals surface area contributed by atoms with E-state index in [1.807, 2.05) is 51.1 Å². The second-order valence-electron chi connectivity index (χ2n) is 7.31. The molecule has 2 amide bonds. The molecule has 2 aromatic carbocycles. The first-order valence-corrected chi connectivity index (χ1v) is 9.90. The van der Waals surface area contributed by atoms with Crippen LogP contribution in [0.25, 0.3) is 0 Å². The minimum absolute atomic E-state index is 0.174. The van der Waals surface area contributed by atoms with Crippen molar-refractivity contribution in [2.45, 2.75) is 39.8 Å². The number of benzene rings is 2.